The molecule has 0 aliphatic carbocycles. The maximum absolute atomic E-state index is 6.71. The lowest BCUT2D eigenvalue weighted by molar-refractivity contribution is 1.11. The third-order valence-electron chi connectivity index (χ3n) is 0.460. The van der Waals surface area contributed by atoms with E-state index in [4.69, 9.17) is 5.73 Å². The first-order chi connectivity index (χ1) is 2.81. The van der Waals surface area contributed by atoms with Crippen LogP contribution in [-0.4, -0.2) is 20.1 Å². The minimum absolute atomic E-state index is 0.218. The van der Waals surface area contributed by atoms with Gasteiger partial charge in [0.15, 0.2) is 0 Å². The van der Waals surface area contributed by atoms with Crippen LogP contribution in [0.15, 0.2) is 4.99 Å². The Balaban J connectivity index is 3.22. The van der Waals surface area contributed by atoms with E-state index in [0.717, 1.165) is 0 Å². The Hall–Kier alpha value is -0.730. The van der Waals surface area contributed by atoms with Gasteiger partial charge < -0.3 is 5.32 Å². The largest absolute Gasteiger partial charge is 0.358 e. The molecule has 0 amide bonds. The van der Waals surface area contributed by atoms with Crippen LogP contribution in [0.2, 0.25) is 0 Å². The minimum Gasteiger partial charge on any atom is -0.358 e. The molecule has 3 heteroatoms. The maximum atomic E-state index is 6.71. The molecule has 1 radical (unpaired) electrons. The molecule has 0 fully saturated rings. The highest BCUT2D eigenvalue weighted by Crippen LogP contribution is 1.51. The molecule has 0 heterocycles. The van der Waals surface area contributed by atoms with Crippen LogP contribution in [0.25, 0.3) is 0 Å². The SMILES string of the molecule is C/N=C(\[NH])NC. The molecule has 0 aliphatic rings. The van der Waals surface area contributed by atoms with Crippen LogP contribution in [0.4, 0.5) is 0 Å². The lowest BCUT2D eigenvalue weighted by atomic mass is 11.0. The van der Waals surface area contributed by atoms with Crippen LogP contribution < -0.4 is 11.1 Å². The summed E-state index contributed by atoms with van der Waals surface area (Å²) in [7, 11) is 3.23. The molecule has 0 spiro atoms. The molecule has 0 aromatic carbocycles. The average molecular weight is 86.1 g/mol. The molecule has 35 valence electrons. The topological polar surface area (TPSA) is 48.2 Å². The molecule has 0 rings (SSSR count). The zero-order valence-corrected chi connectivity index (χ0v) is 3.95. The number of nitrogens with zero attached hydrogens (tertiary/aromatic N) is 1. The summed E-state index contributed by atoms with van der Waals surface area (Å²) >= 11 is 0. The molecule has 0 bridgehead atoms. The highest BCUT2D eigenvalue weighted by atomic mass is 15.1. The van der Waals surface area contributed by atoms with Gasteiger partial charge >= 0.3 is 0 Å². The molecule has 6 heavy (non-hydrogen) atoms. The van der Waals surface area contributed by atoms with Gasteiger partial charge in [0.1, 0.15) is 0 Å². The Bertz CT molecular complexity index is 57.1. The van der Waals surface area contributed by atoms with E-state index in [9.17, 15) is 0 Å². The molecule has 3 nitrogen and oxygen atoms in total. The number of aliphatic imine (C=N–C) groups is 1. The van der Waals surface area contributed by atoms with Crippen molar-refractivity contribution in [3.05, 3.63) is 0 Å². The van der Waals surface area contributed by atoms with Crippen molar-refractivity contribution in [2.45, 2.75) is 0 Å². The van der Waals surface area contributed by atoms with Crippen LogP contribution in [0.5, 0.6) is 0 Å². The molecule has 0 aliphatic heterocycles. The first-order valence-corrected chi connectivity index (χ1v) is 1.67. The smallest absolute Gasteiger partial charge is 0.209 e. The van der Waals surface area contributed by atoms with Crippen molar-refractivity contribution in [3.8, 4) is 0 Å². The van der Waals surface area contributed by atoms with Gasteiger partial charge in [0.2, 0.25) is 5.96 Å². The van der Waals surface area contributed by atoms with E-state index in [0.29, 0.717) is 0 Å². The molecule has 0 saturated heterocycles. The van der Waals surface area contributed by atoms with Crippen LogP contribution in [-0.2, 0) is 0 Å². The summed E-state index contributed by atoms with van der Waals surface area (Å²) in [4.78, 5) is 3.48. The van der Waals surface area contributed by atoms with Gasteiger partial charge in [-0.3, -0.25) is 10.7 Å². The third-order valence-corrected chi connectivity index (χ3v) is 0.460. The van der Waals surface area contributed by atoms with E-state index in [2.05, 4.69) is 10.3 Å². The van der Waals surface area contributed by atoms with Crippen molar-refractivity contribution in [1.82, 2.24) is 11.1 Å². The summed E-state index contributed by atoms with van der Waals surface area (Å²) in [5, 5.41) is 2.53. The first kappa shape index (κ1) is 5.27. The fourth-order valence-electron chi connectivity index (χ4n) is 0.112. The van der Waals surface area contributed by atoms with Gasteiger partial charge in [0.25, 0.3) is 0 Å². The molecule has 0 saturated carbocycles. The van der Waals surface area contributed by atoms with Crippen LogP contribution in [0, 0.1) is 0 Å². The molecular formula is C3H8N3. The quantitative estimate of drug-likeness (QED) is 0.313. The molecule has 0 aromatic heterocycles. The summed E-state index contributed by atoms with van der Waals surface area (Å²) in [6.07, 6.45) is 0. The zero-order valence-electron chi connectivity index (χ0n) is 3.95. The predicted molar refractivity (Wildman–Crippen MR) is 25.5 cm³/mol. The highest BCUT2D eigenvalue weighted by molar-refractivity contribution is 5.76. The van der Waals surface area contributed by atoms with Gasteiger partial charge in [-0.25, -0.2) is 0 Å². The molecule has 0 unspecified atom stereocenters. The van der Waals surface area contributed by atoms with E-state index in [1.54, 1.807) is 14.1 Å². The van der Waals surface area contributed by atoms with E-state index < -0.39 is 0 Å². The average Bonchev–Trinajstić information content (AvgIpc) is 1.65. The number of nitrogens with one attached hydrogen (secondary N) is 2. The zero-order chi connectivity index (χ0) is 4.99. The molecule has 2 N–H and O–H groups in total. The Morgan fingerprint density at radius 2 is 2.33 bits per heavy atom. The second kappa shape index (κ2) is 2.50. The lowest BCUT2D eigenvalue weighted by Gasteiger charge is -1.88. The monoisotopic (exact) mass is 86.1 g/mol. The fourth-order valence-corrected chi connectivity index (χ4v) is 0.112. The predicted octanol–water partition coefficient (Wildman–Crippen LogP) is -0.526. The normalized spacial score (nSPS) is 11.3. The lowest BCUT2D eigenvalue weighted by Crippen LogP contribution is -2.18. The van der Waals surface area contributed by atoms with Gasteiger partial charge in [0, 0.05) is 14.1 Å². The second-order valence-electron chi connectivity index (χ2n) is 0.822. The Labute approximate surface area is 37.3 Å². The Morgan fingerprint density at radius 1 is 1.83 bits per heavy atom. The summed E-state index contributed by atoms with van der Waals surface area (Å²) in [5.74, 6) is 0.218. The second-order valence-corrected chi connectivity index (χ2v) is 0.822. The van der Waals surface area contributed by atoms with Gasteiger partial charge in [-0.15, -0.1) is 0 Å². The van der Waals surface area contributed by atoms with Crippen molar-refractivity contribution in [1.29, 1.82) is 0 Å². The summed E-state index contributed by atoms with van der Waals surface area (Å²) in [6, 6.07) is 0. The van der Waals surface area contributed by atoms with Crippen molar-refractivity contribution in [2.75, 3.05) is 14.1 Å². The van der Waals surface area contributed by atoms with E-state index >= 15 is 0 Å². The standard InChI is InChI=1S/C3H8N3/c1-5-3(4)6-2/h4H,1-2H3,(H,5,6). The first-order valence-electron chi connectivity index (χ1n) is 1.67. The van der Waals surface area contributed by atoms with Crippen molar-refractivity contribution in [2.24, 2.45) is 4.99 Å². The Kier molecular flexibility index (Phi) is 2.20. The highest BCUT2D eigenvalue weighted by Gasteiger charge is 1.73. The number of hydrogen-bond acceptors (Lipinski definition) is 1. The number of hydrogen-bond donors (Lipinski definition) is 1. The summed E-state index contributed by atoms with van der Waals surface area (Å²) in [5.41, 5.74) is 6.71. The number of guanidine groups is 1. The maximum Gasteiger partial charge on any atom is 0.209 e. The third kappa shape index (κ3) is 1.58. The minimum atomic E-state index is 0.218. The van der Waals surface area contributed by atoms with Crippen molar-refractivity contribution < 1.29 is 0 Å². The van der Waals surface area contributed by atoms with Gasteiger partial charge in [-0.2, -0.15) is 0 Å². The van der Waals surface area contributed by atoms with E-state index in [-0.39, 0.29) is 5.96 Å². The van der Waals surface area contributed by atoms with E-state index in [1.807, 2.05) is 0 Å². The summed E-state index contributed by atoms with van der Waals surface area (Å²) < 4.78 is 0. The van der Waals surface area contributed by atoms with Crippen LogP contribution in [0.1, 0.15) is 0 Å². The molecular weight excluding hydrogens is 78.1 g/mol. The van der Waals surface area contributed by atoms with Crippen molar-refractivity contribution >= 4 is 5.96 Å². The van der Waals surface area contributed by atoms with Crippen LogP contribution >= 0.6 is 0 Å². The molecule has 0 aromatic rings. The molecule has 0 atom stereocenters. The fraction of sp³-hybridized carbons (Fsp3) is 0.667. The van der Waals surface area contributed by atoms with Crippen molar-refractivity contribution in [3.63, 3.8) is 0 Å². The van der Waals surface area contributed by atoms with E-state index in [1.165, 1.54) is 0 Å². The van der Waals surface area contributed by atoms with Crippen LogP contribution in [0.3, 0.4) is 0 Å². The summed E-state index contributed by atoms with van der Waals surface area (Å²) in [6.45, 7) is 0. The van der Waals surface area contributed by atoms with Gasteiger partial charge in [-0.05, 0) is 0 Å². The Morgan fingerprint density at radius 3 is 2.33 bits per heavy atom. The van der Waals surface area contributed by atoms with Gasteiger partial charge in [0.05, 0.1) is 0 Å². The number of rotatable bonds is 0. The van der Waals surface area contributed by atoms with Gasteiger partial charge in [-0.1, -0.05) is 0 Å².